The second kappa shape index (κ2) is 8.15. The van der Waals surface area contributed by atoms with E-state index in [2.05, 4.69) is 0 Å². The molecule has 0 bridgehead atoms. The van der Waals surface area contributed by atoms with Gasteiger partial charge in [-0.1, -0.05) is 24.3 Å². The molecule has 2 aromatic rings. The topological polar surface area (TPSA) is 61.8 Å². The Morgan fingerprint density at radius 3 is 2.68 bits per heavy atom. The largest absolute Gasteiger partial charge is 0.493 e. The van der Waals surface area contributed by atoms with E-state index in [1.54, 1.807) is 12.1 Å². The first-order valence-corrected chi connectivity index (χ1v) is 9.44. The van der Waals surface area contributed by atoms with Crippen molar-refractivity contribution < 1.29 is 23.8 Å². The zero-order chi connectivity index (χ0) is 20.3. The Bertz CT molecular complexity index is 879. The zero-order valence-corrected chi connectivity index (χ0v) is 16.8. The van der Waals surface area contributed by atoms with Crippen molar-refractivity contribution in [1.82, 2.24) is 0 Å². The van der Waals surface area contributed by atoms with Gasteiger partial charge in [-0.3, -0.25) is 4.79 Å². The number of methoxy groups -OCH3 is 1. The molecule has 2 aromatic carbocycles. The van der Waals surface area contributed by atoms with Crippen molar-refractivity contribution in [3.05, 3.63) is 53.1 Å². The fourth-order valence-corrected chi connectivity index (χ4v) is 3.45. The zero-order valence-electron chi connectivity index (χ0n) is 16.8. The number of rotatable bonds is 5. The van der Waals surface area contributed by atoms with Crippen molar-refractivity contribution in [2.45, 2.75) is 45.3 Å². The third-order valence-corrected chi connectivity index (χ3v) is 4.62. The molecule has 1 unspecified atom stereocenters. The molecule has 28 heavy (non-hydrogen) atoms. The highest BCUT2D eigenvalue weighted by Crippen LogP contribution is 2.38. The van der Waals surface area contributed by atoms with Gasteiger partial charge in [0.1, 0.15) is 5.75 Å². The number of benzene rings is 2. The molecule has 0 spiro atoms. The number of aryl methyl sites for hydroxylation is 1. The van der Waals surface area contributed by atoms with E-state index in [-0.39, 0.29) is 0 Å². The first-order valence-electron chi connectivity index (χ1n) is 9.44. The van der Waals surface area contributed by atoms with Crippen LogP contribution in [0.1, 0.15) is 54.8 Å². The molecule has 3 rings (SSSR count). The molecule has 0 N–H and O–H groups in total. The summed E-state index contributed by atoms with van der Waals surface area (Å²) in [7, 11) is 1.33. The van der Waals surface area contributed by atoms with Crippen molar-refractivity contribution in [2.24, 2.45) is 0 Å². The molecule has 0 aromatic heterocycles. The molecule has 1 aliphatic rings. The van der Waals surface area contributed by atoms with Crippen LogP contribution in [0.5, 0.6) is 5.75 Å². The summed E-state index contributed by atoms with van der Waals surface area (Å²) >= 11 is 0. The number of hydrogen-bond acceptors (Lipinski definition) is 5. The number of aldehydes is 1. The molecular weight excluding hydrogens is 356 g/mol. The van der Waals surface area contributed by atoms with Crippen LogP contribution in [0, 0.1) is 0 Å². The van der Waals surface area contributed by atoms with E-state index < -0.39 is 17.7 Å². The van der Waals surface area contributed by atoms with E-state index in [1.165, 1.54) is 7.11 Å². The third kappa shape index (κ3) is 4.25. The van der Waals surface area contributed by atoms with Crippen molar-refractivity contribution in [3.63, 3.8) is 0 Å². The highest BCUT2D eigenvalue weighted by Gasteiger charge is 2.31. The SMILES string of the molecule is COC(=O)C(OC(C)(C)C)c1cccc(C=O)c1-c1ccc2c(c1)CCCO2. The van der Waals surface area contributed by atoms with Gasteiger partial charge in [-0.15, -0.1) is 0 Å². The molecule has 1 heterocycles. The maximum absolute atomic E-state index is 12.6. The van der Waals surface area contributed by atoms with E-state index in [0.717, 1.165) is 36.0 Å². The van der Waals surface area contributed by atoms with Gasteiger partial charge in [-0.25, -0.2) is 4.79 Å². The van der Waals surface area contributed by atoms with Crippen LogP contribution in [-0.2, 0) is 20.7 Å². The summed E-state index contributed by atoms with van der Waals surface area (Å²) in [5.41, 5.74) is 3.18. The Balaban J connectivity index is 2.17. The highest BCUT2D eigenvalue weighted by atomic mass is 16.6. The molecule has 1 atom stereocenters. The molecule has 0 amide bonds. The Hall–Kier alpha value is -2.66. The first kappa shape index (κ1) is 20.1. The third-order valence-electron chi connectivity index (χ3n) is 4.62. The standard InChI is InChI=1S/C23H26O5/c1-23(2,3)28-21(22(25)26-4)18-9-5-7-17(14-24)20(18)16-10-11-19-15(13-16)8-6-12-27-19/h5,7,9-11,13-14,21H,6,8,12H2,1-4H3. The number of hydrogen-bond donors (Lipinski definition) is 0. The molecule has 0 radical (unpaired) electrons. The number of ether oxygens (including phenoxy) is 3. The second-order valence-electron chi connectivity index (χ2n) is 7.84. The lowest BCUT2D eigenvalue weighted by molar-refractivity contribution is -0.164. The summed E-state index contributed by atoms with van der Waals surface area (Å²) in [5, 5.41) is 0. The maximum Gasteiger partial charge on any atom is 0.339 e. The van der Waals surface area contributed by atoms with Crippen LogP contribution in [0.3, 0.4) is 0 Å². The molecule has 5 heteroatoms. The van der Waals surface area contributed by atoms with Crippen LogP contribution in [0.15, 0.2) is 36.4 Å². The first-order chi connectivity index (χ1) is 13.3. The van der Waals surface area contributed by atoms with Crippen LogP contribution < -0.4 is 4.74 Å². The normalized spacial score (nSPS) is 14.6. The molecule has 0 fully saturated rings. The summed E-state index contributed by atoms with van der Waals surface area (Å²) in [5.74, 6) is 0.371. The lowest BCUT2D eigenvalue weighted by Crippen LogP contribution is -2.28. The fraction of sp³-hybridized carbons (Fsp3) is 0.391. The maximum atomic E-state index is 12.6. The molecule has 5 nitrogen and oxygen atoms in total. The van der Waals surface area contributed by atoms with Gasteiger partial charge in [-0.2, -0.15) is 0 Å². The van der Waals surface area contributed by atoms with Gasteiger partial charge >= 0.3 is 5.97 Å². The summed E-state index contributed by atoms with van der Waals surface area (Å²) in [6.45, 7) is 6.35. The molecule has 148 valence electrons. The molecular formula is C23H26O5. The molecule has 0 saturated heterocycles. The van der Waals surface area contributed by atoms with E-state index in [0.29, 0.717) is 23.3 Å². The molecule has 1 aliphatic heterocycles. The van der Waals surface area contributed by atoms with E-state index >= 15 is 0 Å². The summed E-state index contributed by atoms with van der Waals surface area (Å²) < 4.78 is 16.7. The lowest BCUT2D eigenvalue weighted by atomic mass is 9.90. The Morgan fingerprint density at radius 1 is 1.21 bits per heavy atom. The van der Waals surface area contributed by atoms with Crippen molar-refractivity contribution in [2.75, 3.05) is 13.7 Å². The molecule has 0 aliphatic carbocycles. The lowest BCUT2D eigenvalue weighted by Gasteiger charge is -2.28. The van der Waals surface area contributed by atoms with E-state index in [1.807, 2.05) is 45.0 Å². The van der Waals surface area contributed by atoms with Crippen LogP contribution in [0.25, 0.3) is 11.1 Å². The average Bonchev–Trinajstić information content (AvgIpc) is 2.69. The van der Waals surface area contributed by atoms with Crippen molar-refractivity contribution in [3.8, 4) is 16.9 Å². The number of esters is 1. The van der Waals surface area contributed by atoms with Gasteiger partial charge in [0.2, 0.25) is 0 Å². The predicted molar refractivity (Wildman–Crippen MR) is 107 cm³/mol. The Morgan fingerprint density at radius 2 is 2.00 bits per heavy atom. The van der Waals surface area contributed by atoms with Gasteiger partial charge in [-0.05, 0) is 62.4 Å². The van der Waals surface area contributed by atoms with E-state index in [4.69, 9.17) is 14.2 Å². The number of fused-ring (bicyclic) bond motifs is 1. The van der Waals surface area contributed by atoms with Gasteiger partial charge in [0.25, 0.3) is 0 Å². The van der Waals surface area contributed by atoms with Crippen LogP contribution >= 0.6 is 0 Å². The smallest absolute Gasteiger partial charge is 0.339 e. The fourth-order valence-electron chi connectivity index (χ4n) is 3.45. The van der Waals surface area contributed by atoms with E-state index in [9.17, 15) is 9.59 Å². The minimum atomic E-state index is -0.938. The highest BCUT2D eigenvalue weighted by molar-refractivity contribution is 5.92. The number of carbonyl (C=O) groups excluding carboxylic acids is 2. The average molecular weight is 382 g/mol. The van der Waals surface area contributed by atoms with Crippen molar-refractivity contribution >= 4 is 12.3 Å². The van der Waals surface area contributed by atoms with Crippen LogP contribution in [0.4, 0.5) is 0 Å². The van der Waals surface area contributed by atoms with Crippen LogP contribution in [-0.4, -0.2) is 31.6 Å². The van der Waals surface area contributed by atoms with Crippen molar-refractivity contribution in [1.29, 1.82) is 0 Å². The van der Waals surface area contributed by atoms with Gasteiger partial charge in [0.15, 0.2) is 12.4 Å². The minimum absolute atomic E-state index is 0.500. The molecule has 0 saturated carbocycles. The Kier molecular flexibility index (Phi) is 5.84. The second-order valence-corrected chi connectivity index (χ2v) is 7.84. The summed E-state index contributed by atoms with van der Waals surface area (Å²) in [6, 6.07) is 11.2. The Labute approximate surface area is 165 Å². The summed E-state index contributed by atoms with van der Waals surface area (Å²) in [6.07, 6.45) is 1.74. The predicted octanol–water partition coefficient (Wildman–Crippen LogP) is 4.52. The quantitative estimate of drug-likeness (QED) is 0.562. The van der Waals surface area contributed by atoms with Gasteiger partial charge < -0.3 is 14.2 Å². The van der Waals surface area contributed by atoms with Gasteiger partial charge in [0.05, 0.1) is 19.3 Å². The monoisotopic (exact) mass is 382 g/mol. The van der Waals surface area contributed by atoms with Crippen LogP contribution in [0.2, 0.25) is 0 Å². The minimum Gasteiger partial charge on any atom is -0.493 e. The summed E-state index contributed by atoms with van der Waals surface area (Å²) in [4.78, 5) is 24.4. The number of carbonyl (C=O) groups is 2. The van der Waals surface area contributed by atoms with Gasteiger partial charge in [0, 0.05) is 11.1 Å².